The molecule has 1 amide bonds. The monoisotopic (exact) mass is 278 g/mol. The molecule has 1 N–H and O–H groups in total. The Balaban J connectivity index is 0.000000510. The Labute approximate surface area is 122 Å². The summed E-state index contributed by atoms with van der Waals surface area (Å²) >= 11 is 0. The van der Waals surface area contributed by atoms with Gasteiger partial charge in [-0.2, -0.15) is 0 Å². The number of nitrogens with zero attached hydrogens (tertiary/aromatic N) is 1. The third-order valence-corrected chi connectivity index (χ3v) is 3.83. The molecule has 1 saturated carbocycles. The number of hydrogen-bond donors (Lipinski definition) is 1. The molecule has 2 heterocycles. The van der Waals surface area contributed by atoms with Gasteiger partial charge >= 0.3 is 0 Å². The molecule has 3 rings (SSSR count). The molecule has 0 aromatic carbocycles. The van der Waals surface area contributed by atoms with Crippen molar-refractivity contribution in [1.29, 1.82) is 0 Å². The molecule has 0 radical (unpaired) electrons. The van der Waals surface area contributed by atoms with Gasteiger partial charge in [-0.1, -0.05) is 26.3 Å². The number of aryl methyl sites for hydroxylation is 2. The Kier molecular flexibility index (Phi) is 4.76. The minimum absolute atomic E-state index is 0. The number of carbonyl (C=O) groups excluding carboxylic acids is 1. The van der Waals surface area contributed by atoms with E-state index in [0.29, 0.717) is 23.6 Å². The van der Waals surface area contributed by atoms with Crippen LogP contribution in [0.25, 0.3) is 0 Å². The molecule has 1 aromatic rings. The van der Waals surface area contributed by atoms with Crippen molar-refractivity contribution in [3.05, 3.63) is 29.1 Å². The average molecular weight is 278 g/mol. The third kappa shape index (κ3) is 3.18. The summed E-state index contributed by atoms with van der Waals surface area (Å²) in [5.74, 6) is 1.00. The van der Waals surface area contributed by atoms with Crippen LogP contribution >= 0.6 is 0 Å². The summed E-state index contributed by atoms with van der Waals surface area (Å²) in [7, 11) is 0. The van der Waals surface area contributed by atoms with Crippen LogP contribution < -0.4 is 5.32 Å². The fraction of sp³-hybridized carbons (Fsp3) is 0.625. The van der Waals surface area contributed by atoms with Crippen LogP contribution in [-0.2, 0) is 4.74 Å². The summed E-state index contributed by atoms with van der Waals surface area (Å²) in [5, 5.41) is 3.04. The van der Waals surface area contributed by atoms with Gasteiger partial charge in [0, 0.05) is 25.0 Å². The highest BCUT2D eigenvalue weighted by Crippen LogP contribution is 2.44. The molecule has 1 aliphatic carbocycles. The largest absolute Gasteiger partial charge is 0.381 e. The molecule has 4 heteroatoms. The molecule has 2 aliphatic rings. The van der Waals surface area contributed by atoms with Gasteiger partial charge < -0.3 is 10.1 Å². The summed E-state index contributed by atoms with van der Waals surface area (Å²) in [6.07, 6.45) is 1.25. The lowest BCUT2D eigenvalue weighted by molar-refractivity contribution is 0.0924. The molecule has 1 aromatic heterocycles. The van der Waals surface area contributed by atoms with E-state index in [1.54, 1.807) is 6.07 Å². The highest BCUT2D eigenvalue weighted by molar-refractivity contribution is 5.92. The van der Waals surface area contributed by atoms with Gasteiger partial charge in [0.15, 0.2) is 0 Å². The topological polar surface area (TPSA) is 51.2 Å². The highest BCUT2D eigenvalue weighted by Gasteiger charge is 2.54. The van der Waals surface area contributed by atoms with Crippen LogP contribution in [0.2, 0.25) is 0 Å². The molecule has 1 aliphatic heterocycles. The predicted molar refractivity (Wildman–Crippen MR) is 80.8 cm³/mol. The smallest absolute Gasteiger partial charge is 0.270 e. The van der Waals surface area contributed by atoms with Gasteiger partial charge in [-0.25, -0.2) is 4.98 Å². The second kappa shape index (κ2) is 6.35. The quantitative estimate of drug-likeness (QED) is 0.905. The van der Waals surface area contributed by atoms with Gasteiger partial charge in [0.1, 0.15) is 5.69 Å². The summed E-state index contributed by atoms with van der Waals surface area (Å²) in [6.45, 7) is 9.74. The van der Waals surface area contributed by atoms with Gasteiger partial charge in [0.2, 0.25) is 0 Å². The van der Waals surface area contributed by atoms with Crippen LogP contribution in [-0.4, -0.2) is 30.1 Å². The molecule has 2 fully saturated rings. The van der Waals surface area contributed by atoms with E-state index in [0.717, 1.165) is 24.5 Å². The van der Waals surface area contributed by atoms with Gasteiger partial charge in [-0.3, -0.25) is 4.79 Å². The van der Waals surface area contributed by atoms with Crippen molar-refractivity contribution in [2.45, 2.75) is 40.2 Å². The van der Waals surface area contributed by atoms with Crippen LogP contribution in [0.4, 0.5) is 0 Å². The minimum atomic E-state index is -0.0625. The molecular formula is C16H26N2O2. The van der Waals surface area contributed by atoms with Gasteiger partial charge in [-0.15, -0.1) is 0 Å². The van der Waals surface area contributed by atoms with E-state index in [9.17, 15) is 4.79 Å². The number of hydrogen-bond acceptors (Lipinski definition) is 3. The Hall–Kier alpha value is -1.42. The maximum atomic E-state index is 12.0. The van der Waals surface area contributed by atoms with E-state index in [4.69, 9.17) is 4.74 Å². The molecular weight excluding hydrogens is 252 g/mol. The van der Waals surface area contributed by atoms with Crippen molar-refractivity contribution in [2.24, 2.45) is 11.8 Å². The summed E-state index contributed by atoms with van der Waals surface area (Å²) in [6, 6.07) is 4.03. The number of ether oxygens (including phenoxy) is 1. The van der Waals surface area contributed by atoms with E-state index >= 15 is 0 Å². The van der Waals surface area contributed by atoms with Crippen molar-refractivity contribution in [3.8, 4) is 0 Å². The SMILES string of the molecule is CCC.Cc1ccc(C(=O)NC2[C@H]3COC[C@@H]23)nc1C.[HH]. The van der Waals surface area contributed by atoms with E-state index in [1.807, 2.05) is 19.9 Å². The Morgan fingerprint density at radius 3 is 2.50 bits per heavy atom. The fourth-order valence-corrected chi connectivity index (χ4v) is 2.44. The normalized spacial score (nSPS) is 26.3. The maximum Gasteiger partial charge on any atom is 0.270 e. The first-order chi connectivity index (χ1) is 9.58. The first-order valence-electron chi connectivity index (χ1n) is 7.41. The molecule has 1 saturated heterocycles. The molecule has 3 atom stereocenters. The average Bonchev–Trinajstić information content (AvgIpc) is 2.86. The zero-order valence-corrected chi connectivity index (χ0v) is 12.8. The van der Waals surface area contributed by atoms with Crippen LogP contribution in [0.1, 0.15) is 43.4 Å². The zero-order chi connectivity index (χ0) is 14.7. The lowest BCUT2D eigenvalue weighted by Gasteiger charge is -2.08. The summed E-state index contributed by atoms with van der Waals surface area (Å²) in [4.78, 5) is 16.3. The number of aromatic nitrogens is 1. The number of rotatable bonds is 2. The van der Waals surface area contributed by atoms with Crippen LogP contribution in [0, 0.1) is 25.7 Å². The summed E-state index contributed by atoms with van der Waals surface area (Å²) < 4.78 is 5.29. The molecule has 20 heavy (non-hydrogen) atoms. The second-order valence-corrected chi connectivity index (χ2v) is 5.67. The molecule has 4 nitrogen and oxygen atoms in total. The first kappa shape index (κ1) is 15.0. The van der Waals surface area contributed by atoms with E-state index in [1.165, 1.54) is 6.42 Å². The Morgan fingerprint density at radius 2 is 1.95 bits per heavy atom. The Morgan fingerprint density at radius 1 is 1.35 bits per heavy atom. The Bertz CT molecular complexity index is 483. The predicted octanol–water partition coefficient (Wildman–Crippen LogP) is 2.74. The van der Waals surface area contributed by atoms with Crippen LogP contribution in [0.15, 0.2) is 12.1 Å². The molecule has 0 spiro atoms. The lowest BCUT2D eigenvalue weighted by Crippen LogP contribution is -2.30. The highest BCUT2D eigenvalue weighted by atomic mass is 16.5. The van der Waals surface area contributed by atoms with E-state index in [-0.39, 0.29) is 7.33 Å². The van der Waals surface area contributed by atoms with Crippen molar-refractivity contribution in [3.63, 3.8) is 0 Å². The zero-order valence-electron chi connectivity index (χ0n) is 12.8. The van der Waals surface area contributed by atoms with Crippen molar-refractivity contribution in [2.75, 3.05) is 13.2 Å². The van der Waals surface area contributed by atoms with Crippen molar-refractivity contribution < 1.29 is 11.0 Å². The number of nitrogens with one attached hydrogen (secondary N) is 1. The third-order valence-electron chi connectivity index (χ3n) is 3.83. The second-order valence-electron chi connectivity index (χ2n) is 5.67. The summed E-state index contributed by atoms with van der Waals surface area (Å²) in [5.41, 5.74) is 2.54. The van der Waals surface area contributed by atoms with Crippen LogP contribution in [0.3, 0.4) is 0 Å². The van der Waals surface area contributed by atoms with Crippen LogP contribution in [0.5, 0.6) is 0 Å². The number of carbonyl (C=O) groups is 1. The van der Waals surface area contributed by atoms with Crippen molar-refractivity contribution >= 4 is 5.91 Å². The van der Waals surface area contributed by atoms with Crippen molar-refractivity contribution in [1.82, 2.24) is 10.3 Å². The van der Waals surface area contributed by atoms with Gasteiger partial charge in [-0.05, 0) is 25.5 Å². The van der Waals surface area contributed by atoms with Gasteiger partial charge in [0.05, 0.1) is 13.2 Å². The minimum Gasteiger partial charge on any atom is -0.381 e. The van der Waals surface area contributed by atoms with E-state index < -0.39 is 0 Å². The molecule has 112 valence electrons. The lowest BCUT2D eigenvalue weighted by atomic mass is 10.2. The maximum absolute atomic E-state index is 12.0. The first-order valence-corrected chi connectivity index (χ1v) is 7.41. The number of fused-ring (bicyclic) bond motifs is 1. The number of pyridine rings is 1. The standard InChI is InChI=1S/C13H16N2O2.C3H8.H2/c1-7-3-4-11(14-8(7)2)13(16)15-12-9-5-17-6-10(9)12;1-3-2;/h3-4,9-10,12H,5-6H2,1-2H3,(H,15,16);3H2,1-2H3;1H/t9-,10+,12?;;. The molecule has 0 bridgehead atoms. The van der Waals surface area contributed by atoms with E-state index in [2.05, 4.69) is 24.1 Å². The molecule has 1 unspecified atom stereocenters. The number of amides is 1. The van der Waals surface area contributed by atoms with Gasteiger partial charge in [0.25, 0.3) is 5.91 Å². The fourth-order valence-electron chi connectivity index (χ4n) is 2.44.